The number of hydrogen-bond donors (Lipinski definition) is 0. The Hall–Kier alpha value is -2.69. The van der Waals surface area contributed by atoms with E-state index in [2.05, 4.69) is 4.98 Å². The number of aromatic nitrogens is 1. The molecule has 0 bridgehead atoms. The Labute approximate surface area is 115 Å². The van der Waals surface area contributed by atoms with Crippen LogP contribution in [-0.2, 0) is 6.42 Å². The van der Waals surface area contributed by atoms with Crippen LogP contribution in [0.1, 0.15) is 17.0 Å². The minimum atomic E-state index is -0.404. The molecule has 0 aliphatic heterocycles. The standard InChI is InChI=1S/C15H12N2O3/c1-10-5-6-13-14(7-10)20-15(16-13)9-11-3-2-4-12(8-11)17(18)19/h2-8H,9H2,1H3. The van der Waals surface area contributed by atoms with E-state index in [1.165, 1.54) is 6.07 Å². The second-order valence-corrected chi connectivity index (χ2v) is 4.68. The summed E-state index contributed by atoms with van der Waals surface area (Å²) < 4.78 is 5.67. The molecule has 5 nitrogen and oxygen atoms in total. The minimum Gasteiger partial charge on any atom is -0.440 e. The first-order chi connectivity index (χ1) is 9.61. The van der Waals surface area contributed by atoms with E-state index >= 15 is 0 Å². The van der Waals surface area contributed by atoms with Crippen molar-refractivity contribution in [1.82, 2.24) is 4.98 Å². The molecule has 20 heavy (non-hydrogen) atoms. The summed E-state index contributed by atoms with van der Waals surface area (Å²) in [5.74, 6) is 0.561. The Morgan fingerprint density at radius 1 is 1.25 bits per heavy atom. The van der Waals surface area contributed by atoms with Crippen molar-refractivity contribution in [3.8, 4) is 0 Å². The number of nitro groups is 1. The maximum atomic E-state index is 10.8. The van der Waals surface area contributed by atoms with Gasteiger partial charge in [0.2, 0.25) is 0 Å². The summed E-state index contributed by atoms with van der Waals surface area (Å²) in [5, 5.41) is 10.8. The van der Waals surface area contributed by atoms with Gasteiger partial charge in [-0.25, -0.2) is 4.98 Å². The van der Waals surface area contributed by atoms with Crippen molar-refractivity contribution in [3.05, 3.63) is 69.6 Å². The molecule has 100 valence electrons. The van der Waals surface area contributed by atoms with E-state index in [1.807, 2.05) is 31.2 Å². The summed E-state index contributed by atoms with van der Waals surface area (Å²) in [6.07, 6.45) is 0.440. The molecule has 3 aromatic rings. The number of hydrogen-bond acceptors (Lipinski definition) is 4. The summed E-state index contributed by atoms with van der Waals surface area (Å²) in [6.45, 7) is 1.99. The molecule has 0 N–H and O–H groups in total. The van der Waals surface area contributed by atoms with Gasteiger partial charge < -0.3 is 4.42 Å². The Morgan fingerprint density at radius 3 is 2.90 bits per heavy atom. The lowest BCUT2D eigenvalue weighted by molar-refractivity contribution is -0.384. The topological polar surface area (TPSA) is 69.2 Å². The highest BCUT2D eigenvalue weighted by Gasteiger charge is 2.10. The number of oxazole rings is 1. The van der Waals surface area contributed by atoms with E-state index in [9.17, 15) is 10.1 Å². The first-order valence-electron chi connectivity index (χ1n) is 6.21. The van der Waals surface area contributed by atoms with Crippen LogP contribution in [0.5, 0.6) is 0 Å². The van der Waals surface area contributed by atoms with Crippen molar-refractivity contribution >= 4 is 16.8 Å². The molecule has 1 heterocycles. The third kappa shape index (κ3) is 2.38. The molecule has 0 saturated heterocycles. The third-order valence-corrected chi connectivity index (χ3v) is 3.06. The molecule has 2 aromatic carbocycles. The van der Waals surface area contributed by atoms with Gasteiger partial charge in [-0.1, -0.05) is 18.2 Å². The van der Waals surface area contributed by atoms with Crippen LogP contribution in [-0.4, -0.2) is 9.91 Å². The Morgan fingerprint density at radius 2 is 2.10 bits per heavy atom. The van der Waals surface area contributed by atoms with Gasteiger partial charge in [0.15, 0.2) is 11.5 Å². The number of non-ortho nitro benzene ring substituents is 1. The van der Waals surface area contributed by atoms with Gasteiger partial charge in [-0.2, -0.15) is 0 Å². The fraction of sp³-hybridized carbons (Fsp3) is 0.133. The second-order valence-electron chi connectivity index (χ2n) is 4.68. The summed E-state index contributed by atoms with van der Waals surface area (Å²) in [6, 6.07) is 12.3. The molecule has 0 spiro atoms. The average Bonchev–Trinajstić information content (AvgIpc) is 2.80. The zero-order chi connectivity index (χ0) is 14.1. The van der Waals surface area contributed by atoms with Crippen LogP contribution in [0.15, 0.2) is 46.9 Å². The van der Waals surface area contributed by atoms with Gasteiger partial charge in [-0.3, -0.25) is 10.1 Å². The number of rotatable bonds is 3. The van der Waals surface area contributed by atoms with Crippen LogP contribution in [0.4, 0.5) is 5.69 Å². The maximum Gasteiger partial charge on any atom is 0.269 e. The average molecular weight is 268 g/mol. The van der Waals surface area contributed by atoms with Gasteiger partial charge in [0.1, 0.15) is 5.52 Å². The highest BCUT2D eigenvalue weighted by atomic mass is 16.6. The van der Waals surface area contributed by atoms with Crippen molar-refractivity contribution < 1.29 is 9.34 Å². The molecule has 0 radical (unpaired) electrons. The summed E-state index contributed by atoms with van der Waals surface area (Å²) >= 11 is 0. The molecule has 3 rings (SSSR count). The van der Waals surface area contributed by atoms with Crippen molar-refractivity contribution in [2.24, 2.45) is 0 Å². The van der Waals surface area contributed by atoms with Gasteiger partial charge in [0, 0.05) is 18.6 Å². The largest absolute Gasteiger partial charge is 0.440 e. The SMILES string of the molecule is Cc1ccc2nc(Cc3cccc([N+](=O)[O-])c3)oc2c1. The summed E-state index contributed by atoms with van der Waals surface area (Å²) in [5.41, 5.74) is 3.54. The smallest absolute Gasteiger partial charge is 0.269 e. The highest BCUT2D eigenvalue weighted by Crippen LogP contribution is 2.20. The fourth-order valence-corrected chi connectivity index (χ4v) is 2.11. The first-order valence-corrected chi connectivity index (χ1v) is 6.21. The Bertz CT molecular complexity index is 793. The van der Waals surface area contributed by atoms with Gasteiger partial charge in [-0.15, -0.1) is 0 Å². The van der Waals surface area contributed by atoms with E-state index in [0.29, 0.717) is 12.3 Å². The molecule has 1 aromatic heterocycles. The molecular formula is C15H12N2O3. The van der Waals surface area contributed by atoms with E-state index < -0.39 is 4.92 Å². The molecular weight excluding hydrogens is 256 g/mol. The van der Waals surface area contributed by atoms with Gasteiger partial charge >= 0.3 is 0 Å². The first kappa shape index (κ1) is 12.3. The fourth-order valence-electron chi connectivity index (χ4n) is 2.11. The highest BCUT2D eigenvalue weighted by molar-refractivity contribution is 5.73. The number of nitrogens with zero attached hydrogens (tertiary/aromatic N) is 2. The van der Waals surface area contributed by atoms with Crippen molar-refractivity contribution in [3.63, 3.8) is 0 Å². The second kappa shape index (κ2) is 4.77. The van der Waals surface area contributed by atoms with Crippen molar-refractivity contribution in [2.45, 2.75) is 13.3 Å². The van der Waals surface area contributed by atoms with Gasteiger partial charge in [-0.05, 0) is 30.2 Å². The monoisotopic (exact) mass is 268 g/mol. The molecule has 0 atom stereocenters. The quantitative estimate of drug-likeness (QED) is 0.537. The molecule has 0 fully saturated rings. The lowest BCUT2D eigenvalue weighted by atomic mass is 10.1. The van der Waals surface area contributed by atoms with Crippen LogP contribution in [0.3, 0.4) is 0 Å². The minimum absolute atomic E-state index is 0.0782. The predicted octanol–water partition coefficient (Wildman–Crippen LogP) is 3.64. The zero-order valence-electron chi connectivity index (χ0n) is 10.9. The number of fused-ring (bicyclic) bond motifs is 1. The summed E-state index contributed by atoms with van der Waals surface area (Å²) in [7, 11) is 0. The number of aryl methyl sites for hydroxylation is 1. The Kier molecular flexibility index (Phi) is 2.95. The van der Waals surface area contributed by atoms with E-state index in [4.69, 9.17) is 4.42 Å². The maximum absolute atomic E-state index is 10.8. The predicted molar refractivity (Wildman–Crippen MR) is 74.6 cm³/mol. The molecule has 0 unspecified atom stereocenters. The molecule has 5 heteroatoms. The lowest BCUT2D eigenvalue weighted by Gasteiger charge is -1.97. The van der Waals surface area contributed by atoms with Gasteiger partial charge in [0.25, 0.3) is 5.69 Å². The van der Waals surface area contributed by atoms with Crippen LogP contribution in [0.25, 0.3) is 11.1 Å². The molecule has 0 aliphatic carbocycles. The van der Waals surface area contributed by atoms with E-state index in [1.54, 1.807) is 12.1 Å². The third-order valence-electron chi connectivity index (χ3n) is 3.06. The van der Waals surface area contributed by atoms with E-state index in [-0.39, 0.29) is 5.69 Å². The lowest BCUT2D eigenvalue weighted by Crippen LogP contribution is -1.92. The van der Waals surface area contributed by atoms with E-state index in [0.717, 1.165) is 22.2 Å². The van der Waals surface area contributed by atoms with Crippen molar-refractivity contribution in [1.29, 1.82) is 0 Å². The Balaban J connectivity index is 1.92. The zero-order valence-corrected chi connectivity index (χ0v) is 10.9. The van der Waals surface area contributed by atoms with Crippen molar-refractivity contribution in [2.75, 3.05) is 0 Å². The molecule has 0 aliphatic rings. The normalized spacial score (nSPS) is 10.8. The molecule has 0 saturated carbocycles. The van der Waals surface area contributed by atoms with Crippen LogP contribution in [0, 0.1) is 17.0 Å². The number of benzene rings is 2. The van der Waals surface area contributed by atoms with Gasteiger partial charge in [0.05, 0.1) is 4.92 Å². The molecule has 0 amide bonds. The van der Waals surface area contributed by atoms with Crippen LogP contribution in [0.2, 0.25) is 0 Å². The van der Waals surface area contributed by atoms with Crippen LogP contribution >= 0.6 is 0 Å². The summed E-state index contributed by atoms with van der Waals surface area (Å²) in [4.78, 5) is 14.7. The number of nitro benzene ring substituents is 1. The van der Waals surface area contributed by atoms with Crippen LogP contribution < -0.4 is 0 Å².